The second-order valence-corrected chi connectivity index (χ2v) is 11.9. The minimum Gasteiger partial charge on any atom is -0.311 e. The molecule has 5 rings (SSSR count). The third-order valence-electron chi connectivity index (χ3n) is 7.13. The molecule has 1 unspecified atom stereocenters. The summed E-state index contributed by atoms with van der Waals surface area (Å²) in [6.45, 7) is 8.47. The van der Waals surface area contributed by atoms with Gasteiger partial charge in [-0.05, 0) is 49.1 Å². The summed E-state index contributed by atoms with van der Waals surface area (Å²) in [5.74, 6) is -0.236. The molecule has 0 spiro atoms. The quantitative estimate of drug-likeness (QED) is 0.303. The number of amides is 1. The number of anilines is 1. The average Bonchev–Trinajstić information content (AvgIpc) is 3.43. The van der Waals surface area contributed by atoms with E-state index in [0.717, 1.165) is 41.3 Å². The Morgan fingerprint density at radius 2 is 1.89 bits per heavy atom. The molecule has 0 aliphatic heterocycles. The van der Waals surface area contributed by atoms with Crippen LogP contribution in [-0.2, 0) is 19.0 Å². The van der Waals surface area contributed by atoms with Crippen molar-refractivity contribution in [1.82, 2.24) is 14.6 Å². The molecular weight excluding hydrogens is 511 g/mol. The molecule has 6 nitrogen and oxygen atoms in total. The smallest absolute Gasteiger partial charge is 0.311 e. The number of aromatic nitrogens is 3. The Bertz CT molecular complexity index is 1590. The monoisotopic (exact) mass is 537 g/mol. The van der Waals surface area contributed by atoms with Gasteiger partial charge >= 0.3 is 6.18 Å². The number of nitriles is 1. The fourth-order valence-corrected chi connectivity index (χ4v) is 6.13. The van der Waals surface area contributed by atoms with E-state index in [0.29, 0.717) is 26.6 Å². The fourth-order valence-electron chi connectivity index (χ4n) is 4.86. The summed E-state index contributed by atoms with van der Waals surface area (Å²) < 4.78 is 42.5. The van der Waals surface area contributed by atoms with E-state index >= 15 is 0 Å². The Morgan fingerprint density at radius 1 is 1.18 bits per heavy atom. The second-order valence-electron chi connectivity index (χ2n) is 10.8. The molecule has 1 aliphatic rings. The molecule has 1 aliphatic carbocycles. The molecule has 3 aromatic heterocycles. The van der Waals surface area contributed by atoms with Crippen molar-refractivity contribution in [3.63, 3.8) is 0 Å². The minimum absolute atomic E-state index is 0.0976. The number of carbonyl (C=O) groups is 1. The highest BCUT2D eigenvalue weighted by Gasteiger charge is 2.36. The molecule has 1 atom stereocenters. The first-order valence-corrected chi connectivity index (χ1v) is 13.1. The van der Waals surface area contributed by atoms with Crippen molar-refractivity contribution in [2.24, 2.45) is 11.3 Å². The van der Waals surface area contributed by atoms with Gasteiger partial charge in [0.15, 0.2) is 17.0 Å². The van der Waals surface area contributed by atoms with Crippen molar-refractivity contribution >= 4 is 27.9 Å². The molecule has 3 heterocycles. The number of nitrogens with zero attached hydrogens (tertiary/aromatic N) is 4. The predicted octanol–water partition coefficient (Wildman–Crippen LogP) is 7.06. The van der Waals surface area contributed by atoms with E-state index in [1.54, 1.807) is 24.3 Å². The second kappa shape index (κ2) is 9.24. The largest absolute Gasteiger partial charge is 0.433 e. The Hall–Kier alpha value is -3.71. The Morgan fingerprint density at radius 3 is 2.53 bits per heavy atom. The number of fused-ring (bicyclic) bond motifs is 2. The number of nitrogens with one attached hydrogen (secondary N) is 1. The fraction of sp³-hybridized carbons (Fsp3) is 0.357. The maximum atomic E-state index is 14.0. The average molecular weight is 538 g/mol. The maximum absolute atomic E-state index is 14.0. The molecule has 1 N–H and O–H groups in total. The van der Waals surface area contributed by atoms with Gasteiger partial charge in [0.1, 0.15) is 11.1 Å². The van der Waals surface area contributed by atoms with Crippen molar-refractivity contribution in [1.29, 1.82) is 5.26 Å². The van der Waals surface area contributed by atoms with Gasteiger partial charge in [0.25, 0.3) is 5.91 Å². The Balaban J connectivity index is 1.50. The van der Waals surface area contributed by atoms with Gasteiger partial charge in [-0.15, -0.1) is 11.3 Å². The zero-order valence-corrected chi connectivity index (χ0v) is 22.2. The molecule has 0 bridgehead atoms. The lowest BCUT2D eigenvalue weighted by molar-refractivity contribution is -0.142. The van der Waals surface area contributed by atoms with Crippen LogP contribution in [0.4, 0.5) is 18.2 Å². The number of hydrogen-bond acceptors (Lipinski definition) is 5. The summed E-state index contributed by atoms with van der Waals surface area (Å²) in [4.78, 5) is 18.6. The molecule has 1 amide bonds. The van der Waals surface area contributed by atoms with Gasteiger partial charge in [-0.25, -0.2) is 9.50 Å². The van der Waals surface area contributed by atoms with Gasteiger partial charge in [0.2, 0.25) is 0 Å². The lowest BCUT2D eigenvalue weighted by atomic mass is 9.72. The van der Waals surface area contributed by atoms with Gasteiger partial charge in [-0.3, -0.25) is 4.79 Å². The Labute approximate surface area is 222 Å². The molecule has 1 aromatic carbocycles. The highest BCUT2D eigenvalue weighted by molar-refractivity contribution is 7.16. The molecule has 0 saturated heterocycles. The number of aryl methyl sites for hydroxylation is 1. The number of alkyl halides is 3. The lowest BCUT2D eigenvalue weighted by Crippen LogP contribution is -2.26. The van der Waals surface area contributed by atoms with E-state index in [1.165, 1.54) is 17.4 Å². The third-order valence-corrected chi connectivity index (χ3v) is 8.30. The van der Waals surface area contributed by atoms with E-state index in [2.05, 4.69) is 42.2 Å². The molecule has 4 aromatic rings. The van der Waals surface area contributed by atoms with Crippen LogP contribution < -0.4 is 5.32 Å². The van der Waals surface area contributed by atoms with Crippen LogP contribution in [0.25, 0.3) is 16.9 Å². The van der Waals surface area contributed by atoms with Crippen LogP contribution in [0.2, 0.25) is 0 Å². The predicted molar refractivity (Wildman–Crippen MR) is 140 cm³/mol. The van der Waals surface area contributed by atoms with Gasteiger partial charge in [0.05, 0.1) is 11.3 Å². The first kappa shape index (κ1) is 25.9. The molecule has 0 radical (unpaired) electrons. The number of thiophene rings is 1. The highest BCUT2D eigenvalue weighted by atomic mass is 32.1. The van der Waals surface area contributed by atoms with E-state index in [-0.39, 0.29) is 22.5 Å². The summed E-state index contributed by atoms with van der Waals surface area (Å²) in [6.07, 6.45) is -2.19. The first-order valence-electron chi connectivity index (χ1n) is 12.3. The SMILES string of the molecule is Cc1ccc(-c2cc(C(F)(F)F)n3nc(C(=O)Nc4sc5c(c4C#N)CCC(C(C)(C)C)C5)cc3n2)cc1. The van der Waals surface area contributed by atoms with Crippen LogP contribution in [0.3, 0.4) is 0 Å². The normalized spacial score (nSPS) is 15.8. The first-order chi connectivity index (χ1) is 17.8. The molecule has 10 heteroatoms. The van der Waals surface area contributed by atoms with Crippen LogP contribution in [0.5, 0.6) is 0 Å². The van der Waals surface area contributed by atoms with Crippen molar-refractivity contribution in [3.05, 3.63) is 69.4 Å². The van der Waals surface area contributed by atoms with E-state index in [4.69, 9.17) is 0 Å². The lowest BCUT2D eigenvalue weighted by Gasteiger charge is -2.33. The summed E-state index contributed by atoms with van der Waals surface area (Å²) in [5, 5.41) is 16.9. The maximum Gasteiger partial charge on any atom is 0.433 e. The van der Waals surface area contributed by atoms with Crippen LogP contribution in [0.1, 0.15) is 64.9 Å². The van der Waals surface area contributed by atoms with Crippen LogP contribution >= 0.6 is 11.3 Å². The van der Waals surface area contributed by atoms with Crippen molar-refractivity contribution in [3.8, 4) is 17.3 Å². The zero-order valence-electron chi connectivity index (χ0n) is 21.4. The number of rotatable bonds is 3. The Kier molecular flexibility index (Phi) is 6.30. The zero-order chi connectivity index (χ0) is 27.4. The summed E-state index contributed by atoms with van der Waals surface area (Å²) >= 11 is 1.36. The summed E-state index contributed by atoms with van der Waals surface area (Å²) in [6, 6.07) is 11.4. The number of benzene rings is 1. The van der Waals surface area contributed by atoms with Gasteiger partial charge < -0.3 is 5.32 Å². The minimum atomic E-state index is -4.72. The van der Waals surface area contributed by atoms with Crippen molar-refractivity contribution in [2.45, 2.75) is 53.1 Å². The number of carbonyl (C=O) groups excluding carboxylic acids is 1. The molecular formula is C28H26F3N5OS. The van der Waals surface area contributed by atoms with Crippen molar-refractivity contribution in [2.75, 3.05) is 5.32 Å². The van der Waals surface area contributed by atoms with Crippen LogP contribution in [-0.4, -0.2) is 20.5 Å². The van der Waals surface area contributed by atoms with Gasteiger partial charge in [0, 0.05) is 16.5 Å². The molecule has 0 saturated carbocycles. The number of hydrogen-bond donors (Lipinski definition) is 1. The van der Waals surface area contributed by atoms with Crippen molar-refractivity contribution < 1.29 is 18.0 Å². The highest BCUT2D eigenvalue weighted by Crippen LogP contribution is 2.44. The summed E-state index contributed by atoms with van der Waals surface area (Å²) in [5.41, 5.74) is 1.76. The molecule has 196 valence electrons. The number of halogens is 3. The van der Waals surface area contributed by atoms with Crippen LogP contribution in [0, 0.1) is 29.6 Å². The van der Waals surface area contributed by atoms with Gasteiger partial charge in [-0.1, -0.05) is 50.6 Å². The third kappa shape index (κ3) is 4.78. The summed E-state index contributed by atoms with van der Waals surface area (Å²) in [7, 11) is 0. The molecule has 0 fully saturated rings. The van der Waals surface area contributed by atoms with E-state index in [1.807, 2.05) is 6.92 Å². The van der Waals surface area contributed by atoms with E-state index < -0.39 is 17.8 Å². The van der Waals surface area contributed by atoms with Crippen LogP contribution in [0.15, 0.2) is 36.4 Å². The van der Waals surface area contributed by atoms with E-state index in [9.17, 15) is 23.2 Å². The molecule has 38 heavy (non-hydrogen) atoms. The van der Waals surface area contributed by atoms with Gasteiger partial charge in [-0.2, -0.15) is 23.5 Å². The standard InChI is InChI=1S/C28H26F3N5OS/c1-15-5-7-16(8-6-15)20-12-23(28(29,30)31)36-24(33-20)13-21(35-36)25(37)34-26-19(14-32)18-10-9-17(27(2,3)4)11-22(18)38-26/h5-8,12-13,17H,9-11H2,1-4H3,(H,34,37). The topological polar surface area (TPSA) is 83.1 Å².